The maximum absolute atomic E-state index is 5.37. The fourth-order valence-corrected chi connectivity index (χ4v) is 9.45. The average Bonchev–Trinajstić information content (AvgIpc) is 3.90. The van der Waals surface area contributed by atoms with Crippen LogP contribution in [-0.4, -0.2) is 18.9 Å². The lowest BCUT2D eigenvalue weighted by atomic mass is 9.82. The number of nitrogens with zero attached hydrogens (tertiary/aromatic N) is 4. The molecule has 248 valence electrons. The summed E-state index contributed by atoms with van der Waals surface area (Å²) in [5, 5.41) is 7.42. The molecule has 4 nitrogen and oxygen atoms in total. The number of benzene rings is 7. The molecule has 0 N–H and O–H groups in total. The first-order valence-electron chi connectivity index (χ1n) is 18.3. The number of hydrogen-bond donors (Lipinski definition) is 0. The highest BCUT2D eigenvalue weighted by atomic mass is 15.2. The molecule has 1 aliphatic rings. The molecule has 1 aliphatic carbocycles. The van der Waals surface area contributed by atoms with Crippen molar-refractivity contribution in [2.75, 3.05) is 0 Å². The summed E-state index contributed by atoms with van der Waals surface area (Å²) in [6.45, 7) is 4.73. The van der Waals surface area contributed by atoms with E-state index in [0.29, 0.717) is 5.95 Å². The fourth-order valence-electron chi connectivity index (χ4n) is 9.45. The summed E-state index contributed by atoms with van der Waals surface area (Å²) in [6.07, 6.45) is 0. The number of rotatable bonds is 3. The van der Waals surface area contributed by atoms with Gasteiger partial charge in [0.25, 0.3) is 0 Å². The molecule has 0 saturated carbocycles. The lowest BCUT2D eigenvalue weighted by Crippen LogP contribution is -2.14. The molecular weight excluding hydrogens is 645 g/mol. The molecule has 0 spiro atoms. The van der Waals surface area contributed by atoms with Gasteiger partial charge < -0.3 is 4.40 Å². The van der Waals surface area contributed by atoms with Gasteiger partial charge in [0, 0.05) is 48.9 Å². The predicted octanol–water partition coefficient (Wildman–Crippen LogP) is 12.4. The quantitative estimate of drug-likeness (QED) is 0.187. The van der Waals surface area contributed by atoms with E-state index in [9.17, 15) is 0 Å². The molecule has 11 aromatic rings. The summed E-state index contributed by atoms with van der Waals surface area (Å²) >= 11 is 0. The van der Waals surface area contributed by atoms with Gasteiger partial charge in [0.05, 0.1) is 39.0 Å². The van der Waals surface area contributed by atoms with Crippen molar-refractivity contribution in [1.82, 2.24) is 18.9 Å². The van der Waals surface area contributed by atoms with Crippen LogP contribution in [0.2, 0.25) is 0 Å². The highest BCUT2D eigenvalue weighted by Gasteiger charge is 2.36. The minimum absolute atomic E-state index is 0.0904. The average molecular weight is 677 g/mol. The maximum atomic E-state index is 5.37. The Morgan fingerprint density at radius 2 is 1.04 bits per heavy atom. The lowest BCUT2D eigenvalue weighted by Gasteiger charge is -2.21. The van der Waals surface area contributed by atoms with E-state index in [0.717, 1.165) is 33.5 Å². The number of para-hydroxylation sites is 2. The van der Waals surface area contributed by atoms with Crippen molar-refractivity contribution in [1.29, 1.82) is 0 Å². The van der Waals surface area contributed by atoms with E-state index in [1.54, 1.807) is 0 Å². The van der Waals surface area contributed by atoms with Crippen LogP contribution >= 0.6 is 0 Å². The molecule has 4 aromatic heterocycles. The van der Waals surface area contributed by atoms with E-state index >= 15 is 0 Å². The summed E-state index contributed by atoms with van der Waals surface area (Å²) in [5.74, 6) is 0.663. The number of aromatic nitrogens is 4. The molecular formula is C49H32N4. The smallest absolute Gasteiger partial charge is 0.235 e. The molecule has 0 fully saturated rings. The second-order valence-corrected chi connectivity index (χ2v) is 15.0. The largest absolute Gasteiger partial charge is 0.308 e. The fraction of sp³-hybridized carbons (Fsp3) is 0.0612. The number of fused-ring (bicyclic) bond motifs is 13. The van der Waals surface area contributed by atoms with Crippen LogP contribution in [0.3, 0.4) is 0 Å². The Morgan fingerprint density at radius 1 is 0.434 bits per heavy atom. The molecule has 0 atom stereocenters. The minimum atomic E-state index is -0.0904. The van der Waals surface area contributed by atoms with Gasteiger partial charge in [0.1, 0.15) is 0 Å². The summed E-state index contributed by atoms with van der Waals surface area (Å²) in [7, 11) is 0. The molecule has 12 rings (SSSR count). The van der Waals surface area contributed by atoms with Gasteiger partial charge in [-0.15, -0.1) is 0 Å². The van der Waals surface area contributed by atoms with Crippen LogP contribution in [-0.2, 0) is 5.41 Å². The van der Waals surface area contributed by atoms with Gasteiger partial charge in [0.15, 0.2) is 0 Å². The summed E-state index contributed by atoms with van der Waals surface area (Å²) in [5.41, 5.74) is 15.2. The zero-order valence-electron chi connectivity index (χ0n) is 29.3. The van der Waals surface area contributed by atoms with E-state index in [1.807, 2.05) is 0 Å². The van der Waals surface area contributed by atoms with E-state index < -0.39 is 0 Å². The van der Waals surface area contributed by atoms with Crippen LogP contribution in [0.25, 0.3) is 99.5 Å². The van der Waals surface area contributed by atoms with Gasteiger partial charge >= 0.3 is 0 Å². The lowest BCUT2D eigenvalue weighted by molar-refractivity contribution is 0.661. The summed E-state index contributed by atoms with van der Waals surface area (Å²) in [6, 6.07) is 57.0. The Morgan fingerprint density at radius 3 is 1.77 bits per heavy atom. The van der Waals surface area contributed by atoms with Crippen LogP contribution in [0, 0.1) is 0 Å². The highest BCUT2D eigenvalue weighted by Crippen LogP contribution is 2.53. The van der Waals surface area contributed by atoms with Crippen LogP contribution < -0.4 is 0 Å². The summed E-state index contributed by atoms with van der Waals surface area (Å²) in [4.78, 5) is 10.7. The van der Waals surface area contributed by atoms with Crippen LogP contribution in [0.1, 0.15) is 25.0 Å². The minimum Gasteiger partial charge on any atom is -0.308 e. The molecule has 4 heteroatoms. The predicted molar refractivity (Wildman–Crippen MR) is 219 cm³/mol. The standard InChI is InChI=1S/C49H32N4/c1-49(2)38-22-12-9-19-31(38)34-25-35-37-26-36-32-20-10-13-23-42(32)53(47(36)45-33-21-11-14-24-43(33)52(46(37)45)44(35)27-39(34)49)48-50-40(29-15-5-3-6-16-29)28-41(51-48)30-17-7-4-8-18-30/h3-28H,1-2H3. The third-order valence-electron chi connectivity index (χ3n) is 11.9. The second-order valence-electron chi connectivity index (χ2n) is 15.0. The van der Waals surface area contributed by atoms with Crippen molar-refractivity contribution in [3.8, 4) is 39.6 Å². The van der Waals surface area contributed by atoms with Crippen molar-refractivity contribution in [3.63, 3.8) is 0 Å². The van der Waals surface area contributed by atoms with Crippen molar-refractivity contribution < 1.29 is 0 Å². The molecule has 0 unspecified atom stereocenters. The summed E-state index contributed by atoms with van der Waals surface area (Å²) < 4.78 is 4.84. The molecule has 0 saturated heterocycles. The normalized spacial score (nSPS) is 13.6. The first kappa shape index (κ1) is 28.9. The zero-order chi connectivity index (χ0) is 35.0. The van der Waals surface area contributed by atoms with Crippen molar-refractivity contribution in [2.24, 2.45) is 0 Å². The molecule has 0 amide bonds. The van der Waals surface area contributed by atoms with Crippen molar-refractivity contribution in [3.05, 3.63) is 169 Å². The molecule has 0 radical (unpaired) electrons. The van der Waals surface area contributed by atoms with Crippen LogP contribution in [0.4, 0.5) is 0 Å². The van der Waals surface area contributed by atoms with Crippen LogP contribution in [0.5, 0.6) is 0 Å². The van der Waals surface area contributed by atoms with Gasteiger partial charge in [-0.25, -0.2) is 9.97 Å². The van der Waals surface area contributed by atoms with E-state index in [4.69, 9.17) is 9.97 Å². The van der Waals surface area contributed by atoms with E-state index in [-0.39, 0.29) is 5.41 Å². The van der Waals surface area contributed by atoms with E-state index in [2.05, 4.69) is 181 Å². The Balaban J connectivity index is 1.26. The van der Waals surface area contributed by atoms with Gasteiger partial charge in [-0.1, -0.05) is 135 Å². The molecule has 4 heterocycles. The van der Waals surface area contributed by atoms with Crippen molar-refractivity contribution in [2.45, 2.75) is 19.3 Å². The molecule has 53 heavy (non-hydrogen) atoms. The van der Waals surface area contributed by atoms with Crippen LogP contribution in [0.15, 0.2) is 158 Å². The Hall–Kier alpha value is -6.78. The van der Waals surface area contributed by atoms with Crippen molar-refractivity contribution >= 4 is 59.9 Å². The third-order valence-corrected chi connectivity index (χ3v) is 11.9. The van der Waals surface area contributed by atoms with Gasteiger partial charge in [-0.3, -0.25) is 4.57 Å². The molecule has 0 aliphatic heterocycles. The maximum Gasteiger partial charge on any atom is 0.235 e. The first-order chi connectivity index (χ1) is 26.1. The Labute approximate surface area is 305 Å². The molecule has 0 bridgehead atoms. The third kappa shape index (κ3) is 3.74. The van der Waals surface area contributed by atoms with E-state index in [1.165, 1.54) is 71.1 Å². The first-order valence-corrected chi connectivity index (χ1v) is 18.3. The van der Waals surface area contributed by atoms with Gasteiger partial charge in [-0.2, -0.15) is 0 Å². The second kappa shape index (κ2) is 10.2. The Kier molecular flexibility index (Phi) is 5.54. The highest BCUT2D eigenvalue weighted by molar-refractivity contribution is 6.34. The number of hydrogen-bond acceptors (Lipinski definition) is 2. The van der Waals surface area contributed by atoms with Gasteiger partial charge in [0.2, 0.25) is 5.95 Å². The SMILES string of the molecule is CC1(C)c2ccccc2-c2cc3c4cc5c6ccccc6n(-c6nc(-c7ccccc7)cc(-c7ccccc7)n6)c5c5c6ccccc6n(c3cc21)c45. The monoisotopic (exact) mass is 676 g/mol. The topological polar surface area (TPSA) is 35.1 Å². The zero-order valence-corrected chi connectivity index (χ0v) is 29.3. The van der Waals surface area contributed by atoms with Gasteiger partial charge in [-0.05, 0) is 58.7 Å². The molecule has 7 aromatic carbocycles. The Bertz CT molecular complexity index is 3240.